The van der Waals surface area contributed by atoms with E-state index in [0.29, 0.717) is 16.8 Å². The van der Waals surface area contributed by atoms with Crippen LogP contribution in [0.5, 0.6) is 0 Å². The van der Waals surface area contributed by atoms with Crippen LogP contribution in [0.4, 0.5) is 5.69 Å². The summed E-state index contributed by atoms with van der Waals surface area (Å²) in [6.45, 7) is 4.22. The van der Waals surface area contributed by atoms with E-state index in [2.05, 4.69) is 24.1 Å². The summed E-state index contributed by atoms with van der Waals surface area (Å²) in [4.78, 5) is 16.0. The van der Waals surface area contributed by atoms with Gasteiger partial charge in [0.05, 0.1) is 0 Å². The fourth-order valence-electron chi connectivity index (χ4n) is 1.71. The molecule has 0 fully saturated rings. The number of pyridine rings is 1. The van der Waals surface area contributed by atoms with Gasteiger partial charge >= 0.3 is 0 Å². The molecule has 19 heavy (non-hydrogen) atoms. The third-order valence-electron chi connectivity index (χ3n) is 2.76. The number of anilines is 1. The molecule has 0 saturated heterocycles. The number of nitrogens with one attached hydrogen (secondary N) is 1. The summed E-state index contributed by atoms with van der Waals surface area (Å²) < 4.78 is 0. The molecule has 1 aromatic heterocycles. The Hall–Kier alpha value is -1.87. The lowest BCUT2D eigenvalue weighted by Gasteiger charge is -2.09. The van der Waals surface area contributed by atoms with Gasteiger partial charge in [0.25, 0.3) is 5.91 Å². The number of hydrogen-bond acceptors (Lipinski definition) is 2. The van der Waals surface area contributed by atoms with Gasteiger partial charge in [0, 0.05) is 5.69 Å². The monoisotopic (exact) mass is 274 g/mol. The van der Waals surface area contributed by atoms with E-state index in [1.165, 1.54) is 5.56 Å². The number of carbonyl (C=O) groups excluding carboxylic acids is 1. The van der Waals surface area contributed by atoms with Gasteiger partial charge in [-0.25, -0.2) is 4.98 Å². The standard InChI is InChI=1S/C15H15ClN2O/c1-10(2)11-5-3-6-12(9-11)17-15(19)13-7-4-8-14(16)18-13/h3-10H,1-2H3,(H,17,19). The Labute approximate surface area is 117 Å². The minimum atomic E-state index is -0.261. The maximum Gasteiger partial charge on any atom is 0.274 e. The molecule has 0 aliphatic rings. The molecule has 0 aliphatic heterocycles. The normalized spacial score (nSPS) is 10.5. The van der Waals surface area contributed by atoms with Gasteiger partial charge in [-0.3, -0.25) is 4.79 Å². The number of carbonyl (C=O) groups is 1. The number of aromatic nitrogens is 1. The van der Waals surface area contributed by atoms with Gasteiger partial charge in [-0.1, -0.05) is 43.6 Å². The highest BCUT2D eigenvalue weighted by Crippen LogP contribution is 2.19. The number of hydrogen-bond donors (Lipinski definition) is 1. The summed E-state index contributed by atoms with van der Waals surface area (Å²) in [5, 5.41) is 3.13. The van der Waals surface area contributed by atoms with Crippen LogP contribution in [0.3, 0.4) is 0 Å². The quantitative estimate of drug-likeness (QED) is 0.856. The maximum atomic E-state index is 12.0. The van der Waals surface area contributed by atoms with E-state index >= 15 is 0 Å². The van der Waals surface area contributed by atoms with Crippen LogP contribution >= 0.6 is 11.6 Å². The van der Waals surface area contributed by atoms with Crippen molar-refractivity contribution in [2.24, 2.45) is 0 Å². The summed E-state index contributed by atoms with van der Waals surface area (Å²) in [6.07, 6.45) is 0. The van der Waals surface area contributed by atoms with Gasteiger partial charge in [0.1, 0.15) is 10.8 Å². The number of nitrogens with zero attached hydrogens (tertiary/aromatic N) is 1. The molecule has 0 saturated carbocycles. The van der Waals surface area contributed by atoms with Crippen molar-refractivity contribution in [2.45, 2.75) is 19.8 Å². The smallest absolute Gasteiger partial charge is 0.274 e. The van der Waals surface area contributed by atoms with Gasteiger partial charge in [-0.15, -0.1) is 0 Å². The van der Waals surface area contributed by atoms with Crippen LogP contribution in [0.15, 0.2) is 42.5 Å². The Morgan fingerprint density at radius 3 is 2.63 bits per heavy atom. The van der Waals surface area contributed by atoms with Gasteiger partial charge in [0.15, 0.2) is 0 Å². The molecule has 1 heterocycles. The topological polar surface area (TPSA) is 42.0 Å². The molecule has 1 amide bonds. The minimum Gasteiger partial charge on any atom is -0.321 e. The average Bonchev–Trinajstić information content (AvgIpc) is 2.39. The second kappa shape index (κ2) is 5.85. The number of benzene rings is 1. The molecule has 0 bridgehead atoms. The lowest BCUT2D eigenvalue weighted by atomic mass is 10.0. The largest absolute Gasteiger partial charge is 0.321 e. The van der Waals surface area contributed by atoms with E-state index in [4.69, 9.17) is 11.6 Å². The number of rotatable bonds is 3. The van der Waals surface area contributed by atoms with Crippen LogP contribution in [-0.2, 0) is 0 Å². The Kier molecular flexibility index (Phi) is 4.17. The first kappa shape index (κ1) is 13.6. The van der Waals surface area contributed by atoms with Gasteiger partial charge < -0.3 is 5.32 Å². The molecule has 0 radical (unpaired) electrons. The molecule has 1 aromatic carbocycles. The first-order chi connectivity index (χ1) is 9.06. The molecule has 4 heteroatoms. The zero-order valence-corrected chi connectivity index (χ0v) is 11.6. The number of halogens is 1. The first-order valence-electron chi connectivity index (χ1n) is 6.10. The molecule has 0 spiro atoms. The summed E-state index contributed by atoms with van der Waals surface area (Å²) >= 11 is 5.77. The second-order valence-electron chi connectivity index (χ2n) is 4.58. The SMILES string of the molecule is CC(C)c1cccc(NC(=O)c2cccc(Cl)n2)c1. The van der Waals surface area contributed by atoms with Gasteiger partial charge in [-0.2, -0.15) is 0 Å². The summed E-state index contributed by atoms with van der Waals surface area (Å²) in [5.74, 6) is 0.157. The van der Waals surface area contributed by atoms with Crippen molar-refractivity contribution in [3.8, 4) is 0 Å². The molecule has 0 aliphatic carbocycles. The number of amides is 1. The third kappa shape index (κ3) is 3.55. The van der Waals surface area contributed by atoms with E-state index < -0.39 is 0 Å². The Balaban J connectivity index is 2.17. The van der Waals surface area contributed by atoms with Crippen LogP contribution < -0.4 is 5.32 Å². The molecule has 2 rings (SSSR count). The Morgan fingerprint density at radius 1 is 1.21 bits per heavy atom. The molecule has 1 N–H and O–H groups in total. The van der Waals surface area contributed by atoms with Crippen molar-refractivity contribution in [3.05, 3.63) is 58.9 Å². The highest BCUT2D eigenvalue weighted by molar-refractivity contribution is 6.29. The lowest BCUT2D eigenvalue weighted by Crippen LogP contribution is -2.13. The van der Waals surface area contributed by atoms with E-state index in [1.54, 1.807) is 18.2 Å². The minimum absolute atomic E-state index is 0.261. The highest BCUT2D eigenvalue weighted by atomic mass is 35.5. The molecule has 0 unspecified atom stereocenters. The molecule has 3 nitrogen and oxygen atoms in total. The van der Waals surface area contributed by atoms with Crippen molar-refractivity contribution in [3.63, 3.8) is 0 Å². The lowest BCUT2D eigenvalue weighted by molar-refractivity contribution is 0.102. The predicted molar refractivity (Wildman–Crippen MR) is 77.7 cm³/mol. The molecular weight excluding hydrogens is 260 g/mol. The summed E-state index contributed by atoms with van der Waals surface area (Å²) in [7, 11) is 0. The fourth-order valence-corrected chi connectivity index (χ4v) is 1.87. The van der Waals surface area contributed by atoms with Gasteiger partial charge in [0.2, 0.25) is 0 Å². The van der Waals surface area contributed by atoms with Crippen molar-refractivity contribution in [1.82, 2.24) is 4.98 Å². The van der Waals surface area contributed by atoms with Crippen LogP contribution in [0, 0.1) is 0 Å². The zero-order valence-electron chi connectivity index (χ0n) is 10.9. The Bertz CT molecular complexity index is 596. The van der Waals surface area contributed by atoms with E-state index in [1.807, 2.05) is 24.3 Å². The van der Waals surface area contributed by atoms with Crippen LogP contribution in [0.25, 0.3) is 0 Å². The first-order valence-corrected chi connectivity index (χ1v) is 6.48. The molecule has 0 atom stereocenters. The second-order valence-corrected chi connectivity index (χ2v) is 4.97. The van der Waals surface area contributed by atoms with Crippen molar-refractivity contribution in [1.29, 1.82) is 0 Å². The van der Waals surface area contributed by atoms with Gasteiger partial charge in [-0.05, 0) is 35.7 Å². The van der Waals surface area contributed by atoms with Crippen LogP contribution in [0.2, 0.25) is 5.15 Å². The van der Waals surface area contributed by atoms with E-state index in [0.717, 1.165) is 5.69 Å². The molecular formula is C15H15ClN2O. The van der Waals surface area contributed by atoms with Crippen molar-refractivity contribution >= 4 is 23.2 Å². The molecule has 2 aromatic rings. The Morgan fingerprint density at radius 2 is 1.95 bits per heavy atom. The van der Waals surface area contributed by atoms with E-state index in [9.17, 15) is 4.79 Å². The summed E-state index contributed by atoms with van der Waals surface area (Å²) in [6, 6.07) is 12.8. The average molecular weight is 275 g/mol. The fraction of sp³-hybridized carbons (Fsp3) is 0.200. The zero-order chi connectivity index (χ0) is 13.8. The van der Waals surface area contributed by atoms with E-state index in [-0.39, 0.29) is 5.91 Å². The summed E-state index contributed by atoms with van der Waals surface area (Å²) in [5.41, 5.74) is 2.25. The van der Waals surface area contributed by atoms with Crippen molar-refractivity contribution < 1.29 is 4.79 Å². The third-order valence-corrected chi connectivity index (χ3v) is 2.97. The molecule has 98 valence electrons. The van der Waals surface area contributed by atoms with Crippen LogP contribution in [0.1, 0.15) is 35.8 Å². The predicted octanol–water partition coefficient (Wildman–Crippen LogP) is 4.11. The highest BCUT2D eigenvalue weighted by Gasteiger charge is 2.08. The van der Waals surface area contributed by atoms with Crippen LogP contribution in [-0.4, -0.2) is 10.9 Å². The van der Waals surface area contributed by atoms with Crippen molar-refractivity contribution in [2.75, 3.05) is 5.32 Å². The maximum absolute atomic E-state index is 12.0.